The van der Waals surface area contributed by atoms with Gasteiger partial charge in [0.2, 0.25) is 10.0 Å². The molecule has 1 aromatic heterocycles. The number of rotatable bonds is 13. The topological polar surface area (TPSA) is 149 Å². The Morgan fingerprint density at radius 3 is 2.38 bits per heavy atom. The molecule has 10 nitrogen and oxygen atoms in total. The maximum Gasteiger partial charge on any atom is 0.404 e. The number of carbonyl (C=O) groups is 1. The number of nitrogens with zero attached hydrogens (tertiary/aromatic N) is 2. The Kier molecular flexibility index (Phi) is 10.3. The van der Waals surface area contributed by atoms with Gasteiger partial charge in [-0.05, 0) is 67.6 Å². The molecule has 0 saturated carbocycles. The summed E-state index contributed by atoms with van der Waals surface area (Å²) in [7, 11) is -4.03. The Morgan fingerprint density at radius 2 is 1.82 bits per heavy atom. The summed E-state index contributed by atoms with van der Waals surface area (Å²) in [4.78, 5) is 15.9. The van der Waals surface area contributed by atoms with Gasteiger partial charge in [0.15, 0.2) is 0 Å². The predicted molar refractivity (Wildman–Crippen MR) is 149 cm³/mol. The summed E-state index contributed by atoms with van der Waals surface area (Å²) in [6, 6.07) is 10.1. The molecule has 2 atom stereocenters. The van der Waals surface area contributed by atoms with Crippen molar-refractivity contribution in [3.63, 3.8) is 0 Å². The number of sulfonamides is 1. The van der Waals surface area contributed by atoms with Crippen molar-refractivity contribution in [3.05, 3.63) is 69.7 Å². The smallest absolute Gasteiger partial charge is 0.404 e. The van der Waals surface area contributed by atoms with E-state index in [2.05, 4.69) is 10.3 Å². The van der Waals surface area contributed by atoms with Gasteiger partial charge in [0.25, 0.3) is 0 Å². The Balaban J connectivity index is 1.74. The average molecular weight is 578 g/mol. The van der Waals surface area contributed by atoms with Gasteiger partial charge < -0.3 is 25.4 Å². The molecule has 0 unspecified atom stereocenters. The lowest BCUT2D eigenvalue weighted by atomic mass is 10.0. The van der Waals surface area contributed by atoms with Gasteiger partial charge in [-0.2, -0.15) is 4.31 Å². The number of aryl methyl sites for hydroxylation is 2. The maximum absolute atomic E-state index is 13.5. The van der Waals surface area contributed by atoms with Gasteiger partial charge in [-0.15, -0.1) is 11.3 Å². The van der Waals surface area contributed by atoms with E-state index in [0.29, 0.717) is 17.9 Å². The van der Waals surface area contributed by atoms with Gasteiger partial charge in [-0.1, -0.05) is 26.0 Å². The van der Waals surface area contributed by atoms with Gasteiger partial charge in [0.1, 0.15) is 18.1 Å². The fourth-order valence-corrected chi connectivity index (χ4v) is 6.31. The Hall–Kier alpha value is -3.19. The van der Waals surface area contributed by atoms with Crippen LogP contribution in [0.2, 0.25) is 0 Å². The molecule has 0 saturated heterocycles. The number of hydrogen-bond donors (Lipinski definition) is 4. The van der Waals surface area contributed by atoms with Crippen LogP contribution in [0.25, 0.3) is 0 Å². The number of aliphatic hydroxyl groups is 1. The van der Waals surface area contributed by atoms with Crippen LogP contribution in [0.15, 0.2) is 52.7 Å². The van der Waals surface area contributed by atoms with E-state index in [1.165, 1.54) is 18.2 Å². The van der Waals surface area contributed by atoms with Crippen LogP contribution in [0, 0.1) is 19.8 Å². The summed E-state index contributed by atoms with van der Waals surface area (Å²) in [6.45, 7) is 7.34. The fraction of sp³-hybridized carbons (Fsp3) is 0.407. The summed E-state index contributed by atoms with van der Waals surface area (Å²) >= 11 is 1.54. The van der Waals surface area contributed by atoms with E-state index < -0.39 is 28.3 Å². The van der Waals surface area contributed by atoms with Crippen LogP contribution in [0.1, 0.15) is 35.7 Å². The summed E-state index contributed by atoms with van der Waals surface area (Å²) in [6.07, 6.45) is -2.53. The monoisotopic (exact) mass is 577 g/mol. The highest BCUT2D eigenvalue weighted by atomic mass is 32.2. The largest absolute Gasteiger partial charge is 0.508 e. The lowest BCUT2D eigenvalue weighted by molar-refractivity contribution is 0.0980. The highest BCUT2D eigenvalue weighted by Crippen LogP contribution is 2.24. The molecule has 39 heavy (non-hydrogen) atoms. The standard InChI is InChI=1S/C27H35N3O7S2/c1-17(2)13-30(39(35,36)23-9-10-25(31)18(3)11-23)14-26(32)24(29-27(33)34)12-20-5-7-22(8-6-20)37-15-21-16-38-19(4)28-21/h5-11,16-17,24,26,29,31-32H,12-15H2,1-4H3,(H,33,34)/t24-,26-/m0/s1. The first-order valence-corrected chi connectivity index (χ1v) is 14.8. The van der Waals surface area contributed by atoms with Gasteiger partial charge in [0.05, 0.1) is 27.7 Å². The molecule has 0 spiro atoms. The van der Waals surface area contributed by atoms with Crippen molar-refractivity contribution in [2.24, 2.45) is 5.92 Å². The van der Waals surface area contributed by atoms with Crippen LogP contribution in [0.3, 0.4) is 0 Å². The van der Waals surface area contributed by atoms with Gasteiger partial charge >= 0.3 is 6.09 Å². The molecule has 212 valence electrons. The van der Waals surface area contributed by atoms with E-state index in [0.717, 1.165) is 20.6 Å². The average Bonchev–Trinajstić information content (AvgIpc) is 3.28. The second-order valence-corrected chi connectivity index (χ2v) is 12.8. The zero-order valence-corrected chi connectivity index (χ0v) is 24.0. The van der Waals surface area contributed by atoms with Crippen LogP contribution in [0.4, 0.5) is 4.79 Å². The van der Waals surface area contributed by atoms with Crippen molar-refractivity contribution in [1.29, 1.82) is 0 Å². The molecular weight excluding hydrogens is 542 g/mol. The highest BCUT2D eigenvalue weighted by molar-refractivity contribution is 7.89. The molecule has 0 fully saturated rings. The minimum absolute atomic E-state index is 0.0169. The van der Waals surface area contributed by atoms with Crippen LogP contribution in [0.5, 0.6) is 11.5 Å². The maximum atomic E-state index is 13.5. The number of ether oxygens (including phenoxy) is 1. The van der Waals surface area contributed by atoms with E-state index >= 15 is 0 Å². The molecule has 2 aromatic carbocycles. The van der Waals surface area contributed by atoms with Crippen molar-refractivity contribution in [1.82, 2.24) is 14.6 Å². The van der Waals surface area contributed by atoms with Crippen LogP contribution in [-0.4, -0.2) is 64.4 Å². The second-order valence-electron chi connectivity index (χ2n) is 9.78. The Labute approximate surface area is 233 Å². The molecule has 0 bridgehead atoms. The fourth-order valence-electron chi connectivity index (χ4n) is 4.00. The van der Waals surface area contributed by atoms with E-state index in [4.69, 9.17) is 4.74 Å². The van der Waals surface area contributed by atoms with Crippen molar-refractivity contribution >= 4 is 27.5 Å². The number of hydrogen-bond acceptors (Lipinski definition) is 8. The zero-order chi connectivity index (χ0) is 28.7. The molecule has 4 N–H and O–H groups in total. The Morgan fingerprint density at radius 1 is 1.13 bits per heavy atom. The first-order valence-electron chi connectivity index (χ1n) is 12.4. The molecule has 1 amide bonds. The van der Waals surface area contributed by atoms with E-state index in [-0.39, 0.29) is 36.1 Å². The number of aromatic nitrogens is 1. The van der Waals surface area contributed by atoms with Crippen LogP contribution in [-0.2, 0) is 23.1 Å². The van der Waals surface area contributed by atoms with Crippen molar-refractivity contribution in [2.45, 2.75) is 57.8 Å². The number of carboxylic acid groups (broad SMARTS) is 1. The molecule has 0 aliphatic rings. The minimum Gasteiger partial charge on any atom is -0.508 e. The number of phenols is 1. The molecule has 0 radical (unpaired) electrons. The van der Waals surface area contributed by atoms with Crippen molar-refractivity contribution < 1.29 is 33.3 Å². The summed E-state index contributed by atoms with van der Waals surface area (Å²) < 4.78 is 33.8. The van der Waals surface area contributed by atoms with E-state index in [1.807, 2.05) is 26.2 Å². The SMILES string of the molecule is Cc1nc(COc2ccc(C[C@H](NC(=O)O)[C@@H](O)CN(CC(C)C)S(=O)(=O)c3ccc(O)c(C)c3)cc2)cs1. The number of benzene rings is 2. The van der Waals surface area contributed by atoms with E-state index in [1.54, 1.807) is 42.5 Å². The molecule has 12 heteroatoms. The summed E-state index contributed by atoms with van der Waals surface area (Å²) in [5.74, 6) is 0.535. The number of phenolic OH excluding ortho intramolecular Hbond substituents is 1. The Bertz CT molecular complexity index is 1360. The first-order chi connectivity index (χ1) is 18.3. The lowest BCUT2D eigenvalue weighted by Crippen LogP contribution is -2.50. The number of amides is 1. The number of aliphatic hydroxyl groups excluding tert-OH is 1. The lowest BCUT2D eigenvalue weighted by Gasteiger charge is -2.30. The number of nitrogens with one attached hydrogen (secondary N) is 1. The molecule has 0 aliphatic heterocycles. The first kappa shape index (κ1) is 30.4. The third kappa shape index (κ3) is 8.65. The zero-order valence-electron chi connectivity index (χ0n) is 22.4. The predicted octanol–water partition coefficient (Wildman–Crippen LogP) is 3.93. The molecule has 3 aromatic rings. The van der Waals surface area contributed by atoms with Crippen LogP contribution >= 0.6 is 11.3 Å². The third-order valence-corrected chi connectivity index (χ3v) is 8.62. The highest BCUT2D eigenvalue weighted by Gasteiger charge is 2.31. The van der Waals surface area contributed by atoms with Crippen molar-refractivity contribution in [3.8, 4) is 11.5 Å². The quantitative estimate of drug-likeness (QED) is 0.239. The summed E-state index contributed by atoms with van der Waals surface area (Å²) in [5, 5.41) is 35.5. The third-order valence-electron chi connectivity index (χ3n) is 5.97. The van der Waals surface area contributed by atoms with Crippen molar-refractivity contribution in [2.75, 3.05) is 13.1 Å². The molecule has 0 aliphatic carbocycles. The molecular formula is C27H35N3O7S2. The summed E-state index contributed by atoms with van der Waals surface area (Å²) in [5.41, 5.74) is 1.97. The van der Waals surface area contributed by atoms with Gasteiger partial charge in [0, 0.05) is 18.5 Å². The normalized spacial score (nSPS) is 13.4. The second kappa shape index (κ2) is 13.2. The number of thiazole rings is 1. The minimum atomic E-state index is -4.03. The van der Waals surface area contributed by atoms with Gasteiger partial charge in [-0.25, -0.2) is 18.2 Å². The molecule has 1 heterocycles. The molecule has 3 rings (SSSR count). The van der Waals surface area contributed by atoms with E-state index in [9.17, 15) is 28.5 Å². The van der Waals surface area contributed by atoms with Gasteiger partial charge in [-0.3, -0.25) is 0 Å². The number of aromatic hydroxyl groups is 1. The van der Waals surface area contributed by atoms with Crippen LogP contribution < -0.4 is 10.1 Å².